The number of benzene rings is 1. The van der Waals surface area contributed by atoms with Gasteiger partial charge >= 0.3 is 24.7 Å². The molecule has 0 saturated carbocycles. The van der Waals surface area contributed by atoms with E-state index < -0.39 is 35.4 Å². The van der Waals surface area contributed by atoms with Crippen molar-refractivity contribution >= 4 is 18.4 Å². The minimum absolute atomic E-state index is 0.0243. The van der Waals surface area contributed by atoms with Gasteiger partial charge < -0.3 is 4.74 Å². The van der Waals surface area contributed by atoms with Gasteiger partial charge in [-0.25, -0.2) is 0 Å². The van der Waals surface area contributed by atoms with Gasteiger partial charge in [0.05, 0.1) is 7.11 Å². The van der Waals surface area contributed by atoms with Crippen molar-refractivity contribution in [1.29, 1.82) is 0 Å². The van der Waals surface area contributed by atoms with Gasteiger partial charge in [-0.15, -0.1) is 17.7 Å². The second-order valence-electron chi connectivity index (χ2n) is 3.58. The van der Waals surface area contributed by atoms with E-state index >= 15 is 0 Å². The third kappa shape index (κ3) is 4.92. The standard InChI is InChI=1S/C10H11F3O6PS/c1-3-7-5-4-6-8(18-10(11,12)13)9(7)21(15,16)19-20(14)17-2/h4-6H,3H2,1-2H3/q+1. The number of aryl methyl sites for hydroxylation is 1. The van der Waals surface area contributed by atoms with Crippen LogP contribution in [0.5, 0.6) is 5.75 Å². The average molecular weight is 347 g/mol. The summed E-state index contributed by atoms with van der Waals surface area (Å²) in [6.45, 7) is 1.53. The summed E-state index contributed by atoms with van der Waals surface area (Å²) in [5, 5.41) is 0. The molecule has 21 heavy (non-hydrogen) atoms. The summed E-state index contributed by atoms with van der Waals surface area (Å²) in [4.78, 5) is -0.828. The molecule has 0 amide bonds. The Morgan fingerprint density at radius 2 is 1.90 bits per heavy atom. The summed E-state index contributed by atoms with van der Waals surface area (Å²) in [7, 11) is -6.86. The molecule has 0 aliphatic carbocycles. The number of halogens is 3. The van der Waals surface area contributed by atoms with Crippen molar-refractivity contribution in [2.75, 3.05) is 7.11 Å². The molecule has 0 bridgehead atoms. The molecular formula is C10H11F3O6PS+. The summed E-state index contributed by atoms with van der Waals surface area (Å²) >= 11 is 0. The highest BCUT2D eigenvalue weighted by atomic mass is 32.2. The maximum Gasteiger partial charge on any atom is 0.714 e. The fraction of sp³-hybridized carbons (Fsp3) is 0.400. The van der Waals surface area contributed by atoms with Crippen LogP contribution in [0.3, 0.4) is 0 Å². The van der Waals surface area contributed by atoms with Crippen LogP contribution >= 0.6 is 8.25 Å². The van der Waals surface area contributed by atoms with Gasteiger partial charge in [-0.3, -0.25) is 0 Å². The molecule has 6 nitrogen and oxygen atoms in total. The highest BCUT2D eigenvalue weighted by molar-refractivity contribution is 7.89. The first-order valence-corrected chi connectivity index (χ1v) is 7.94. The summed E-state index contributed by atoms with van der Waals surface area (Å²) in [6.07, 6.45) is -4.99. The first-order chi connectivity index (χ1) is 9.60. The molecule has 0 aromatic heterocycles. The van der Waals surface area contributed by atoms with Gasteiger partial charge in [-0.1, -0.05) is 19.1 Å². The largest absolute Gasteiger partial charge is 0.714 e. The Bertz CT molecular complexity index is 628. The van der Waals surface area contributed by atoms with E-state index in [4.69, 9.17) is 0 Å². The maximum atomic E-state index is 12.3. The molecule has 1 aromatic carbocycles. The van der Waals surface area contributed by atoms with Crippen LogP contribution in [0, 0.1) is 0 Å². The SMILES string of the molecule is CCc1cccc(OC(F)(F)F)c1S(=O)(=O)O[P+](=O)OC. The van der Waals surface area contributed by atoms with Gasteiger partial charge in [0.25, 0.3) is 0 Å². The quantitative estimate of drug-likeness (QED) is 0.736. The van der Waals surface area contributed by atoms with E-state index in [0.29, 0.717) is 0 Å². The molecule has 1 unspecified atom stereocenters. The fourth-order valence-electron chi connectivity index (χ4n) is 1.48. The Hall–Kier alpha value is -1.22. The second-order valence-corrected chi connectivity index (χ2v) is 6.31. The first-order valence-electron chi connectivity index (χ1n) is 5.44. The van der Waals surface area contributed by atoms with Crippen molar-refractivity contribution in [3.05, 3.63) is 23.8 Å². The van der Waals surface area contributed by atoms with Crippen LogP contribution < -0.4 is 4.74 Å². The molecule has 0 heterocycles. The lowest BCUT2D eigenvalue weighted by Crippen LogP contribution is -2.20. The summed E-state index contributed by atoms with van der Waals surface area (Å²) < 4.78 is 84.0. The summed E-state index contributed by atoms with van der Waals surface area (Å²) in [5.41, 5.74) is 0.0243. The van der Waals surface area contributed by atoms with Crippen molar-refractivity contribution in [3.8, 4) is 5.75 Å². The number of hydrogen-bond donors (Lipinski definition) is 0. The van der Waals surface area contributed by atoms with E-state index in [1.54, 1.807) is 0 Å². The van der Waals surface area contributed by atoms with Crippen LogP contribution in [0.25, 0.3) is 0 Å². The highest BCUT2D eigenvalue weighted by Crippen LogP contribution is 2.37. The molecule has 0 saturated heterocycles. The molecule has 0 aliphatic rings. The molecule has 118 valence electrons. The van der Waals surface area contributed by atoms with E-state index in [0.717, 1.165) is 13.2 Å². The van der Waals surface area contributed by atoms with Crippen LogP contribution in [0.2, 0.25) is 0 Å². The third-order valence-electron chi connectivity index (χ3n) is 2.23. The van der Waals surface area contributed by atoms with Crippen molar-refractivity contribution in [2.24, 2.45) is 0 Å². The Kier molecular flexibility index (Phi) is 5.68. The molecule has 1 atom stereocenters. The third-order valence-corrected chi connectivity index (χ3v) is 4.76. The monoisotopic (exact) mass is 347 g/mol. The Labute approximate surface area is 119 Å². The van der Waals surface area contributed by atoms with Gasteiger partial charge in [0.15, 0.2) is 5.75 Å². The predicted molar refractivity (Wildman–Crippen MR) is 65.4 cm³/mol. The fourth-order valence-corrected chi connectivity index (χ4v) is 3.55. The van der Waals surface area contributed by atoms with E-state index in [9.17, 15) is 26.2 Å². The molecular weight excluding hydrogens is 336 g/mol. The Balaban J connectivity index is 3.41. The molecule has 1 aromatic rings. The van der Waals surface area contributed by atoms with Crippen molar-refractivity contribution in [1.82, 2.24) is 0 Å². The van der Waals surface area contributed by atoms with Crippen LogP contribution in [0.4, 0.5) is 13.2 Å². The lowest BCUT2D eigenvalue weighted by Gasteiger charge is -2.13. The van der Waals surface area contributed by atoms with Crippen molar-refractivity contribution < 1.29 is 39.4 Å². The molecule has 0 aliphatic heterocycles. The molecule has 0 radical (unpaired) electrons. The van der Waals surface area contributed by atoms with Crippen molar-refractivity contribution in [2.45, 2.75) is 24.6 Å². The maximum absolute atomic E-state index is 12.3. The molecule has 0 spiro atoms. The number of hydrogen-bond acceptors (Lipinski definition) is 6. The first kappa shape index (κ1) is 17.8. The van der Waals surface area contributed by atoms with Crippen LogP contribution in [0.1, 0.15) is 12.5 Å². The number of rotatable bonds is 6. The lowest BCUT2D eigenvalue weighted by molar-refractivity contribution is -0.275. The van der Waals surface area contributed by atoms with Crippen LogP contribution in [-0.2, 0) is 29.6 Å². The normalized spacial score (nSPS) is 13.1. The Morgan fingerprint density at radius 1 is 1.29 bits per heavy atom. The van der Waals surface area contributed by atoms with Gasteiger partial charge in [0, 0.05) is 8.54 Å². The topological polar surface area (TPSA) is 78.9 Å². The smallest absolute Gasteiger partial charge is 0.404 e. The molecule has 11 heteroatoms. The van der Waals surface area contributed by atoms with Gasteiger partial charge in [-0.05, 0) is 18.1 Å². The lowest BCUT2D eigenvalue weighted by atomic mass is 10.1. The van der Waals surface area contributed by atoms with Gasteiger partial charge in [0.2, 0.25) is 0 Å². The average Bonchev–Trinajstić information content (AvgIpc) is 2.35. The molecule has 0 N–H and O–H groups in total. The van der Waals surface area contributed by atoms with E-state index in [2.05, 4.69) is 13.2 Å². The van der Waals surface area contributed by atoms with Crippen LogP contribution in [-0.4, -0.2) is 21.9 Å². The van der Waals surface area contributed by atoms with Crippen molar-refractivity contribution in [3.63, 3.8) is 0 Å². The molecule has 1 rings (SSSR count). The minimum Gasteiger partial charge on any atom is -0.404 e. The number of alkyl halides is 3. The zero-order valence-electron chi connectivity index (χ0n) is 10.9. The predicted octanol–water partition coefficient (Wildman–Crippen LogP) is 3.16. The Morgan fingerprint density at radius 3 is 2.38 bits per heavy atom. The summed E-state index contributed by atoms with van der Waals surface area (Å²) in [5.74, 6) is -0.957. The van der Waals surface area contributed by atoms with Gasteiger partial charge in [-0.2, -0.15) is 8.42 Å². The minimum atomic E-state index is -5.08. The summed E-state index contributed by atoms with van der Waals surface area (Å²) in [6, 6.07) is 3.32. The highest BCUT2D eigenvalue weighted by Gasteiger charge is 2.39. The van der Waals surface area contributed by atoms with E-state index in [-0.39, 0.29) is 12.0 Å². The molecule has 0 fully saturated rings. The second kappa shape index (κ2) is 6.69. The van der Waals surface area contributed by atoms with E-state index in [1.165, 1.54) is 19.1 Å². The van der Waals surface area contributed by atoms with E-state index in [1.807, 2.05) is 0 Å². The van der Waals surface area contributed by atoms with Gasteiger partial charge in [0.1, 0.15) is 4.90 Å². The zero-order valence-corrected chi connectivity index (χ0v) is 12.6. The number of ether oxygens (including phenoxy) is 1. The zero-order chi connectivity index (χ0) is 16.3. The van der Waals surface area contributed by atoms with Crippen LogP contribution in [0.15, 0.2) is 23.1 Å².